The van der Waals surface area contributed by atoms with Gasteiger partial charge in [-0.15, -0.1) is 0 Å². The molecule has 1 heterocycles. The van der Waals surface area contributed by atoms with E-state index in [0.29, 0.717) is 10.7 Å². The van der Waals surface area contributed by atoms with Crippen LogP contribution in [0.25, 0.3) is 0 Å². The Labute approximate surface area is 88.2 Å². The minimum Gasteiger partial charge on any atom is -0.444 e. The van der Waals surface area contributed by atoms with E-state index in [-0.39, 0.29) is 6.61 Å². The first-order valence-electron chi connectivity index (χ1n) is 3.59. The van der Waals surface area contributed by atoms with Crippen molar-refractivity contribution in [3.63, 3.8) is 0 Å². The predicted molar refractivity (Wildman–Crippen MR) is 53.0 cm³/mol. The second-order valence-electron chi connectivity index (χ2n) is 2.59. The quantitative estimate of drug-likeness (QED) is 0.780. The van der Waals surface area contributed by atoms with E-state index in [4.69, 9.17) is 16.3 Å². The summed E-state index contributed by atoms with van der Waals surface area (Å²) < 4.78 is 5.58. The van der Waals surface area contributed by atoms with Crippen LogP contribution < -0.4 is 5.32 Å². The fraction of sp³-hybridized carbons (Fsp3) is 0.125. The van der Waals surface area contributed by atoms with E-state index in [1.54, 1.807) is 12.1 Å². The first kappa shape index (κ1) is 8.84. The molecule has 1 amide bonds. The van der Waals surface area contributed by atoms with Crippen LogP contribution in [0.15, 0.2) is 16.6 Å². The Hall–Kier alpha value is -0.740. The van der Waals surface area contributed by atoms with Crippen LogP contribution in [0.3, 0.4) is 0 Å². The van der Waals surface area contributed by atoms with E-state index in [2.05, 4.69) is 21.2 Å². The third kappa shape index (κ3) is 1.51. The van der Waals surface area contributed by atoms with Crippen LogP contribution >= 0.6 is 27.5 Å². The first-order valence-corrected chi connectivity index (χ1v) is 4.76. The molecule has 0 radical (unpaired) electrons. The Morgan fingerprint density at radius 2 is 2.31 bits per heavy atom. The maximum Gasteiger partial charge on any atom is 0.411 e. The molecule has 0 atom stereocenters. The van der Waals surface area contributed by atoms with Gasteiger partial charge in [-0.3, -0.25) is 5.32 Å². The minimum absolute atomic E-state index is 0.222. The Morgan fingerprint density at radius 3 is 3.08 bits per heavy atom. The number of carbonyl (C=O) groups excluding carboxylic acids is 1. The van der Waals surface area contributed by atoms with Crippen LogP contribution in [0.2, 0.25) is 5.02 Å². The topological polar surface area (TPSA) is 38.3 Å². The Balaban J connectivity index is 2.53. The van der Waals surface area contributed by atoms with Crippen molar-refractivity contribution in [2.24, 2.45) is 0 Å². The molecular formula is C8H5BrClNO2. The van der Waals surface area contributed by atoms with Crippen molar-refractivity contribution in [2.75, 3.05) is 5.32 Å². The largest absolute Gasteiger partial charge is 0.444 e. The van der Waals surface area contributed by atoms with Crippen LogP contribution in [0.4, 0.5) is 10.5 Å². The second kappa shape index (κ2) is 3.20. The van der Waals surface area contributed by atoms with Gasteiger partial charge in [0.05, 0.1) is 10.7 Å². The molecule has 2 rings (SSSR count). The minimum atomic E-state index is -0.439. The number of ether oxygens (including phenoxy) is 1. The molecule has 0 spiro atoms. The van der Waals surface area contributed by atoms with Gasteiger partial charge in [-0.25, -0.2) is 4.79 Å². The Bertz CT molecular complexity index is 381. The number of cyclic esters (lactones) is 1. The van der Waals surface area contributed by atoms with Crippen molar-refractivity contribution in [2.45, 2.75) is 6.61 Å². The molecule has 1 aliphatic rings. The van der Waals surface area contributed by atoms with Crippen molar-refractivity contribution in [1.29, 1.82) is 0 Å². The number of hydrogen-bond acceptors (Lipinski definition) is 2. The summed E-state index contributed by atoms with van der Waals surface area (Å²) in [7, 11) is 0. The molecule has 0 bridgehead atoms. The van der Waals surface area contributed by atoms with E-state index >= 15 is 0 Å². The molecule has 0 saturated heterocycles. The van der Waals surface area contributed by atoms with E-state index in [1.807, 2.05) is 0 Å². The van der Waals surface area contributed by atoms with Gasteiger partial charge in [0.15, 0.2) is 0 Å². The van der Waals surface area contributed by atoms with Crippen LogP contribution in [-0.2, 0) is 11.3 Å². The highest BCUT2D eigenvalue weighted by Gasteiger charge is 2.19. The van der Waals surface area contributed by atoms with Gasteiger partial charge < -0.3 is 4.74 Å². The normalized spacial score (nSPS) is 14.5. The van der Waals surface area contributed by atoms with Crippen LogP contribution in [-0.4, -0.2) is 6.09 Å². The summed E-state index contributed by atoms with van der Waals surface area (Å²) in [5.74, 6) is 0. The van der Waals surface area contributed by atoms with Gasteiger partial charge in [0.25, 0.3) is 0 Å². The van der Waals surface area contributed by atoms with Gasteiger partial charge in [0.2, 0.25) is 0 Å². The number of amides is 1. The fourth-order valence-electron chi connectivity index (χ4n) is 1.13. The molecule has 1 N–H and O–H groups in total. The van der Waals surface area contributed by atoms with Crippen molar-refractivity contribution in [3.8, 4) is 0 Å². The zero-order chi connectivity index (χ0) is 9.42. The van der Waals surface area contributed by atoms with Crippen LogP contribution in [0.1, 0.15) is 5.56 Å². The molecule has 68 valence electrons. The molecule has 1 aromatic rings. The molecular weight excluding hydrogens is 257 g/mol. The monoisotopic (exact) mass is 261 g/mol. The van der Waals surface area contributed by atoms with Gasteiger partial charge in [-0.05, 0) is 28.1 Å². The summed E-state index contributed by atoms with van der Waals surface area (Å²) in [5, 5.41) is 3.14. The summed E-state index contributed by atoms with van der Waals surface area (Å²) in [6.45, 7) is 0.222. The summed E-state index contributed by atoms with van der Waals surface area (Å²) in [6, 6.07) is 3.57. The van der Waals surface area contributed by atoms with Crippen molar-refractivity contribution in [1.82, 2.24) is 0 Å². The van der Waals surface area contributed by atoms with Crippen LogP contribution in [0.5, 0.6) is 0 Å². The van der Waals surface area contributed by atoms with Gasteiger partial charge in [0.1, 0.15) is 6.61 Å². The standard InChI is InChI=1S/C8H5BrClNO2/c9-5-1-2-6-4(7(5)10)3-13-8(12)11-6/h1-2H,3H2,(H,11,12). The molecule has 3 nitrogen and oxygen atoms in total. The number of hydrogen-bond donors (Lipinski definition) is 1. The molecule has 1 aliphatic heterocycles. The molecule has 0 saturated carbocycles. The van der Waals surface area contributed by atoms with Crippen molar-refractivity contribution < 1.29 is 9.53 Å². The number of fused-ring (bicyclic) bond motifs is 1. The zero-order valence-electron chi connectivity index (χ0n) is 6.43. The number of nitrogens with one attached hydrogen (secondary N) is 1. The fourth-order valence-corrected chi connectivity index (χ4v) is 1.73. The number of halogens is 2. The highest BCUT2D eigenvalue weighted by molar-refractivity contribution is 9.10. The lowest BCUT2D eigenvalue weighted by atomic mass is 10.2. The summed E-state index contributed by atoms with van der Waals surface area (Å²) in [6.07, 6.45) is -0.439. The molecule has 0 fully saturated rings. The van der Waals surface area contributed by atoms with Crippen LogP contribution in [0, 0.1) is 0 Å². The number of carbonyl (C=O) groups is 1. The highest BCUT2D eigenvalue weighted by Crippen LogP contribution is 2.34. The number of rotatable bonds is 0. The molecule has 0 unspecified atom stereocenters. The Morgan fingerprint density at radius 1 is 1.54 bits per heavy atom. The lowest BCUT2D eigenvalue weighted by Gasteiger charge is -2.18. The summed E-state index contributed by atoms with van der Waals surface area (Å²) in [4.78, 5) is 10.8. The number of benzene rings is 1. The third-order valence-electron chi connectivity index (χ3n) is 1.78. The molecule has 5 heteroatoms. The number of anilines is 1. The second-order valence-corrected chi connectivity index (χ2v) is 3.82. The van der Waals surface area contributed by atoms with Gasteiger partial charge >= 0.3 is 6.09 Å². The maximum absolute atomic E-state index is 10.8. The van der Waals surface area contributed by atoms with Crippen molar-refractivity contribution >= 4 is 39.3 Å². The first-order chi connectivity index (χ1) is 6.18. The average Bonchev–Trinajstić information content (AvgIpc) is 2.12. The average molecular weight is 262 g/mol. The van der Waals surface area contributed by atoms with Gasteiger partial charge in [-0.2, -0.15) is 0 Å². The van der Waals surface area contributed by atoms with Gasteiger partial charge in [-0.1, -0.05) is 11.6 Å². The van der Waals surface area contributed by atoms with E-state index in [0.717, 1.165) is 10.0 Å². The Kier molecular flexibility index (Phi) is 2.17. The highest BCUT2D eigenvalue weighted by atomic mass is 79.9. The molecule has 1 aromatic carbocycles. The third-order valence-corrected chi connectivity index (χ3v) is 3.10. The lowest BCUT2D eigenvalue weighted by molar-refractivity contribution is 0.151. The smallest absolute Gasteiger partial charge is 0.411 e. The lowest BCUT2D eigenvalue weighted by Crippen LogP contribution is -2.20. The summed E-state index contributed by atoms with van der Waals surface area (Å²) >= 11 is 9.27. The van der Waals surface area contributed by atoms with E-state index in [9.17, 15) is 4.79 Å². The molecule has 0 aliphatic carbocycles. The maximum atomic E-state index is 10.8. The predicted octanol–water partition coefficient (Wildman–Crippen LogP) is 3.16. The zero-order valence-corrected chi connectivity index (χ0v) is 8.78. The molecule has 13 heavy (non-hydrogen) atoms. The summed E-state index contributed by atoms with van der Waals surface area (Å²) in [5.41, 5.74) is 1.51. The SMILES string of the molecule is O=C1Nc2ccc(Br)c(Cl)c2CO1. The molecule has 0 aromatic heterocycles. The van der Waals surface area contributed by atoms with E-state index < -0.39 is 6.09 Å². The van der Waals surface area contributed by atoms with Crippen molar-refractivity contribution in [3.05, 3.63) is 27.2 Å². The van der Waals surface area contributed by atoms with E-state index in [1.165, 1.54) is 0 Å². The van der Waals surface area contributed by atoms with Gasteiger partial charge in [0, 0.05) is 10.0 Å².